The Morgan fingerprint density at radius 3 is 2.60 bits per heavy atom. The molecule has 2 aromatic carbocycles. The van der Waals surface area contributed by atoms with Gasteiger partial charge in [-0.15, -0.1) is 0 Å². The summed E-state index contributed by atoms with van der Waals surface area (Å²) < 4.78 is 2.33. The van der Waals surface area contributed by atoms with E-state index in [0.29, 0.717) is 0 Å². The predicted octanol–water partition coefficient (Wildman–Crippen LogP) is 3.45. The van der Waals surface area contributed by atoms with Crippen molar-refractivity contribution in [3.8, 4) is 0 Å². The number of rotatable bonds is 5. The molecule has 0 fully saturated rings. The Balaban J connectivity index is 1.90. The number of hydrogen-bond donors (Lipinski definition) is 1. The molecule has 3 aromatic rings. The van der Waals surface area contributed by atoms with Gasteiger partial charge in [-0.25, -0.2) is 0 Å². The van der Waals surface area contributed by atoms with E-state index in [1.165, 1.54) is 22.0 Å². The second-order valence-electron chi connectivity index (χ2n) is 5.18. The molecule has 1 heterocycles. The number of nitrogens with zero attached hydrogens (tertiary/aromatic N) is 1. The highest BCUT2D eigenvalue weighted by Gasteiger charge is 2.03. The number of hydrogen-bond acceptors (Lipinski definition) is 1. The molecule has 0 radical (unpaired) electrons. The van der Waals surface area contributed by atoms with Gasteiger partial charge in [0.25, 0.3) is 0 Å². The van der Waals surface area contributed by atoms with Gasteiger partial charge in [0.1, 0.15) is 0 Å². The van der Waals surface area contributed by atoms with Crippen molar-refractivity contribution in [2.45, 2.75) is 13.0 Å². The number of nitrogens with one attached hydrogen (secondary N) is 1. The minimum absolute atomic E-state index is 0.930. The van der Waals surface area contributed by atoms with Crippen LogP contribution in [0.2, 0.25) is 0 Å². The lowest BCUT2D eigenvalue weighted by Gasteiger charge is -2.07. The molecule has 0 saturated heterocycles. The molecule has 2 nitrogen and oxygen atoms in total. The largest absolute Gasteiger partial charge is 0.343 e. The Kier molecular flexibility index (Phi) is 3.84. The van der Waals surface area contributed by atoms with Crippen LogP contribution in [0.25, 0.3) is 10.9 Å². The monoisotopic (exact) mass is 264 g/mol. The molecule has 102 valence electrons. The smallest absolute Gasteiger partial charge is 0.0486 e. The molecule has 2 heteroatoms. The van der Waals surface area contributed by atoms with Gasteiger partial charge < -0.3 is 9.88 Å². The summed E-state index contributed by atoms with van der Waals surface area (Å²) in [6.07, 6.45) is 3.25. The second-order valence-corrected chi connectivity index (χ2v) is 5.18. The highest BCUT2D eigenvalue weighted by atomic mass is 14.9. The van der Waals surface area contributed by atoms with E-state index in [9.17, 15) is 0 Å². The van der Waals surface area contributed by atoms with E-state index in [-0.39, 0.29) is 0 Å². The molecule has 0 saturated carbocycles. The van der Waals surface area contributed by atoms with Gasteiger partial charge in [0, 0.05) is 18.3 Å². The molecule has 3 rings (SSSR count). The molecule has 0 aliphatic carbocycles. The molecule has 0 spiro atoms. The summed E-state index contributed by atoms with van der Waals surface area (Å²) in [7, 11) is 2.00. The fraction of sp³-hybridized carbons (Fsp3) is 0.222. The van der Waals surface area contributed by atoms with Crippen LogP contribution in [0.5, 0.6) is 0 Å². The minimum atomic E-state index is 0.930. The first-order valence-electron chi connectivity index (χ1n) is 7.13. The topological polar surface area (TPSA) is 17.0 Å². The predicted molar refractivity (Wildman–Crippen MR) is 85.1 cm³/mol. The summed E-state index contributed by atoms with van der Waals surface area (Å²) in [5.41, 5.74) is 4.05. The van der Waals surface area contributed by atoms with Crippen LogP contribution in [0.4, 0.5) is 0 Å². The molecule has 0 unspecified atom stereocenters. The van der Waals surface area contributed by atoms with E-state index in [1.807, 2.05) is 7.05 Å². The zero-order valence-corrected chi connectivity index (χ0v) is 11.8. The molecule has 0 bridgehead atoms. The summed E-state index contributed by atoms with van der Waals surface area (Å²) in [5, 5.41) is 4.52. The van der Waals surface area contributed by atoms with Gasteiger partial charge in [-0.05, 0) is 48.7 Å². The molecular formula is C18H20N2. The zero-order valence-electron chi connectivity index (χ0n) is 11.8. The second kappa shape index (κ2) is 5.93. The van der Waals surface area contributed by atoms with E-state index < -0.39 is 0 Å². The lowest BCUT2D eigenvalue weighted by molar-refractivity contribution is 0.790. The zero-order chi connectivity index (χ0) is 13.8. The van der Waals surface area contributed by atoms with E-state index in [4.69, 9.17) is 0 Å². The highest BCUT2D eigenvalue weighted by molar-refractivity contribution is 5.81. The van der Waals surface area contributed by atoms with Crippen molar-refractivity contribution in [2.75, 3.05) is 13.6 Å². The van der Waals surface area contributed by atoms with E-state index in [2.05, 4.69) is 70.7 Å². The maximum absolute atomic E-state index is 3.21. The third-order valence-electron chi connectivity index (χ3n) is 3.70. The SMILES string of the molecule is CNCCc1ccc2ccn(Cc3ccccc3)c2c1. The average molecular weight is 264 g/mol. The van der Waals surface area contributed by atoms with Crippen molar-refractivity contribution in [3.05, 3.63) is 71.9 Å². The molecular weight excluding hydrogens is 244 g/mol. The summed E-state index contributed by atoms with van der Waals surface area (Å²) in [6, 6.07) is 19.6. The third kappa shape index (κ3) is 2.75. The van der Waals surface area contributed by atoms with Gasteiger partial charge >= 0.3 is 0 Å². The van der Waals surface area contributed by atoms with Gasteiger partial charge in [-0.2, -0.15) is 0 Å². The standard InChI is InChI=1S/C18H20N2/c1-19-11-9-15-7-8-17-10-12-20(18(17)13-15)14-16-5-3-2-4-6-16/h2-8,10,12-13,19H,9,11,14H2,1H3. The van der Waals surface area contributed by atoms with Crippen LogP contribution in [0.1, 0.15) is 11.1 Å². The summed E-state index contributed by atoms with van der Waals surface area (Å²) in [6.45, 7) is 1.95. The van der Waals surface area contributed by atoms with Gasteiger partial charge in [-0.1, -0.05) is 42.5 Å². The Labute approximate surface area is 120 Å². The molecule has 0 aliphatic heterocycles. The Morgan fingerprint density at radius 2 is 1.80 bits per heavy atom. The normalized spacial score (nSPS) is 11.1. The third-order valence-corrected chi connectivity index (χ3v) is 3.70. The summed E-state index contributed by atoms with van der Waals surface area (Å²) >= 11 is 0. The Bertz CT molecular complexity index is 683. The van der Waals surface area contributed by atoms with Crippen LogP contribution in [-0.2, 0) is 13.0 Å². The van der Waals surface area contributed by atoms with Crippen molar-refractivity contribution < 1.29 is 0 Å². The van der Waals surface area contributed by atoms with Crippen LogP contribution in [0, 0.1) is 0 Å². The number of aromatic nitrogens is 1. The fourth-order valence-electron chi connectivity index (χ4n) is 2.57. The van der Waals surface area contributed by atoms with Crippen molar-refractivity contribution >= 4 is 10.9 Å². The average Bonchev–Trinajstić information content (AvgIpc) is 2.89. The van der Waals surface area contributed by atoms with Crippen molar-refractivity contribution in [3.63, 3.8) is 0 Å². The highest BCUT2D eigenvalue weighted by Crippen LogP contribution is 2.19. The fourth-order valence-corrected chi connectivity index (χ4v) is 2.57. The molecule has 0 atom stereocenters. The minimum Gasteiger partial charge on any atom is -0.343 e. The van der Waals surface area contributed by atoms with Gasteiger partial charge in [0.2, 0.25) is 0 Å². The van der Waals surface area contributed by atoms with Crippen molar-refractivity contribution in [2.24, 2.45) is 0 Å². The van der Waals surface area contributed by atoms with Crippen LogP contribution >= 0.6 is 0 Å². The first kappa shape index (κ1) is 12.9. The van der Waals surface area contributed by atoms with Crippen LogP contribution in [0.3, 0.4) is 0 Å². The molecule has 1 aromatic heterocycles. The van der Waals surface area contributed by atoms with Crippen molar-refractivity contribution in [1.82, 2.24) is 9.88 Å². The molecule has 20 heavy (non-hydrogen) atoms. The van der Waals surface area contributed by atoms with Gasteiger partial charge in [-0.3, -0.25) is 0 Å². The van der Waals surface area contributed by atoms with E-state index >= 15 is 0 Å². The van der Waals surface area contributed by atoms with Crippen LogP contribution < -0.4 is 5.32 Å². The molecule has 1 N–H and O–H groups in total. The number of benzene rings is 2. The lowest BCUT2D eigenvalue weighted by atomic mass is 10.1. The molecule has 0 amide bonds. The van der Waals surface area contributed by atoms with E-state index in [1.54, 1.807) is 0 Å². The Morgan fingerprint density at radius 1 is 0.950 bits per heavy atom. The van der Waals surface area contributed by atoms with E-state index in [0.717, 1.165) is 19.5 Å². The quantitative estimate of drug-likeness (QED) is 0.747. The summed E-state index contributed by atoms with van der Waals surface area (Å²) in [4.78, 5) is 0. The van der Waals surface area contributed by atoms with Crippen LogP contribution in [0.15, 0.2) is 60.8 Å². The molecule has 0 aliphatic rings. The van der Waals surface area contributed by atoms with Gasteiger partial charge in [0.15, 0.2) is 0 Å². The first-order valence-corrected chi connectivity index (χ1v) is 7.13. The first-order chi connectivity index (χ1) is 9.86. The Hall–Kier alpha value is -2.06. The maximum Gasteiger partial charge on any atom is 0.0486 e. The van der Waals surface area contributed by atoms with Crippen LogP contribution in [-0.4, -0.2) is 18.2 Å². The number of likely N-dealkylation sites (N-methyl/N-ethyl adjacent to an activating group) is 1. The number of fused-ring (bicyclic) bond motifs is 1. The summed E-state index contributed by atoms with van der Waals surface area (Å²) in [5.74, 6) is 0. The maximum atomic E-state index is 3.21. The van der Waals surface area contributed by atoms with Gasteiger partial charge in [0.05, 0.1) is 0 Å². The van der Waals surface area contributed by atoms with Crippen molar-refractivity contribution in [1.29, 1.82) is 0 Å². The lowest BCUT2D eigenvalue weighted by Crippen LogP contribution is -2.10.